The van der Waals surface area contributed by atoms with Gasteiger partial charge in [-0.25, -0.2) is 0 Å². The maximum Gasteiger partial charge on any atom is 0.107 e. The van der Waals surface area contributed by atoms with Crippen LogP contribution in [-0.2, 0) is 0 Å². The fourth-order valence-corrected chi connectivity index (χ4v) is 3.73. The van der Waals surface area contributed by atoms with Crippen molar-refractivity contribution in [2.45, 2.75) is 65.3 Å². The Hall–Kier alpha value is -1.16. The van der Waals surface area contributed by atoms with Gasteiger partial charge in [0.05, 0.1) is 5.56 Å². The first-order valence-corrected chi connectivity index (χ1v) is 8.46. The number of hydrogen-bond acceptors (Lipinski definition) is 3. The zero-order chi connectivity index (χ0) is 15.4. The SMILES string of the molecule is CCCC1CCC(Nc2cc(C)nc(C)c2C(N)=S)CC1. The van der Waals surface area contributed by atoms with Gasteiger partial charge in [-0.05, 0) is 51.5 Å². The van der Waals surface area contributed by atoms with Crippen LogP contribution in [0.2, 0.25) is 0 Å². The molecule has 116 valence electrons. The van der Waals surface area contributed by atoms with E-state index in [-0.39, 0.29) is 0 Å². The molecule has 0 spiro atoms. The molecule has 1 aliphatic rings. The molecule has 1 aromatic rings. The predicted octanol–water partition coefficient (Wildman–Crippen LogP) is 4.10. The molecule has 2 rings (SSSR count). The van der Waals surface area contributed by atoms with E-state index in [1.807, 2.05) is 13.8 Å². The largest absolute Gasteiger partial charge is 0.389 e. The van der Waals surface area contributed by atoms with Crippen molar-refractivity contribution >= 4 is 22.9 Å². The molecule has 1 fully saturated rings. The molecule has 3 nitrogen and oxygen atoms in total. The first-order chi connectivity index (χ1) is 10.0. The van der Waals surface area contributed by atoms with E-state index in [2.05, 4.69) is 23.3 Å². The summed E-state index contributed by atoms with van der Waals surface area (Å²) in [6.45, 7) is 6.27. The molecule has 1 heterocycles. The van der Waals surface area contributed by atoms with E-state index in [1.54, 1.807) is 0 Å². The van der Waals surface area contributed by atoms with Crippen LogP contribution >= 0.6 is 12.2 Å². The van der Waals surface area contributed by atoms with E-state index in [0.29, 0.717) is 11.0 Å². The van der Waals surface area contributed by atoms with Crippen LogP contribution in [0.5, 0.6) is 0 Å². The summed E-state index contributed by atoms with van der Waals surface area (Å²) in [5, 5.41) is 3.67. The molecule has 0 bridgehead atoms. The summed E-state index contributed by atoms with van der Waals surface area (Å²) in [7, 11) is 0. The molecule has 1 saturated carbocycles. The van der Waals surface area contributed by atoms with Crippen molar-refractivity contribution in [3.8, 4) is 0 Å². The van der Waals surface area contributed by atoms with Gasteiger partial charge in [0.1, 0.15) is 4.99 Å². The van der Waals surface area contributed by atoms with Gasteiger partial charge < -0.3 is 11.1 Å². The highest BCUT2D eigenvalue weighted by Gasteiger charge is 2.22. The van der Waals surface area contributed by atoms with Crippen molar-refractivity contribution in [3.05, 3.63) is 23.0 Å². The number of thiocarbonyl (C=S) groups is 1. The van der Waals surface area contributed by atoms with Gasteiger partial charge in [-0.3, -0.25) is 4.98 Å². The van der Waals surface area contributed by atoms with Crippen LogP contribution in [-0.4, -0.2) is 16.0 Å². The third-order valence-corrected chi connectivity index (χ3v) is 4.68. The quantitative estimate of drug-likeness (QED) is 0.804. The number of nitrogens with one attached hydrogen (secondary N) is 1. The Morgan fingerprint density at radius 1 is 1.33 bits per heavy atom. The molecule has 0 radical (unpaired) electrons. The number of pyridine rings is 1. The molecule has 0 unspecified atom stereocenters. The summed E-state index contributed by atoms with van der Waals surface area (Å²) in [5.74, 6) is 0.920. The summed E-state index contributed by atoms with van der Waals surface area (Å²) in [6, 6.07) is 2.60. The van der Waals surface area contributed by atoms with E-state index in [4.69, 9.17) is 18.0 Å². The zero-order valence-electron chi connectivity index (χ0n) is 13.4. The minimum atomic E-state index is 0.433. The number of aryl methyl sites for hydroxylation is 2. The molecule has 0 aromatic carbocycles. The molecule has 4 heteroatoms. The minimum Gasteiger partial charge on any atom is -0.389 e. The highest BCUT2D eigenvalue weighted by atomic mass is 32.1. The third-order valence-electron chi connectivity index (χ3n) is 4.48. The minimum absolute atomic E-state index is 0.433. The molecular weight excluding hydrogens is 278 g/mol. The van der Waals surface area contributed by atoms with E-state index in [0.717, 1.165) is 28.6 Å². The van der Waals surface area contributed by atoms with Crippen LogP contribution in [0.1, 0.15) is 62.4 Å². The van der Waals surface area contributed by atoms with Gasteiger partial charge in [0.2, 0.25) is 0 Å². The standard InChI is InChI=1S/C17H27N3S/c1-4-5-13-6-8-14(9-7-13)20-15-10-11(2)19-12(3)16(15)17(18)21/h10,13-14H,4-9H2,1-3H3,(H2,18,21)(H,19,20). The van der Waals surface area contributed by atoms with Gasteiger partial charge in [0.25, 0.3) is 0 Å². The molecule has 0 saturated heterocycles. The van der Waals surface area contributed by atoms with E-state index >= 15 is 0 Å². The summed E-state index contributed by atoms with van der Waals surface area (Å²) >= 11 is 5.20. The van der Waals surface area contributed by atoms with Gasteiger partial charge in [-0.15, -0.1) is 0 Å². The van der Waals surface area contributed by atoms with Gasteiger partial charge in [-0.1, -0.05) is 32.0 Å². The van der Waals surface area contributed by atoms with Crippen LogP contribution in [0.4, 0.5) is 5.69 Å². The van der Waals surface area contributed by atoms with Crippen LogP contribution in [0.3, 0.4) is 0 Å². The molecule has 1 aromatic heterocycles. The molecule has 1 aliphatic carbocycles. The summed E-state index contributed by atoms with van der Waals surface area (Å²) in [5.41, 5.74) is 9.78. The van der Waals surface area contributed by atoms with Crippen LogP contribution in [0.25, 0.3) is 0 Å². The lowest BCUT2D eigenvalue weighted by atomic mass is 9.83. The third kappa shape index (κ3) is 4.16. The van der Waals surface area contributed by atoms with Gasteiger partial charge >= 0.3 is 0 Å². The molecule has 3 N–H and O–H groups in total. The van der Waals surface area contributed by atoms with Gasteiger partial charge in [0.15, 0.2) is 0 Å². The molecule has 0 amide bonds. The Labute approximate surface area is 133 Å². The van der Waals surface area contributed by atoms with Gasteiger partial charge in [0, 0.05) is 23.1 Å². The highest BCUT2D eigenvalue weighted by Crippen LogP contribution is 2.30. The summed E-state index contributed by atoms with van der Waals surface area (Å²) in [6.07, 6.45) is 7.81. The Bertz CT molecular complexity index is 505. The lowest BCUT2D eigenvalue weighted by Crippen LogP contribution is -2.28. The predicted molar refractivity (Wildman–Crippen MR) is 93.9 cm³/mol. The maximum atomic E-state index is 5.88. The number of nitrogens with two attached hydrogens (primary N) is 1. The second kappa shape index (κ2) is 7.21. The number of aromatic nitrogens is 1. The number of hydrogen-bond donors (Lipinski definition) is 2. The van der Waals surface area contributed by atoms with Crippen LogP contribution < -0.4 is 11.1 Å². The van der Waals surface area contributed by atoms with Crippen molar-refractivity contribution < 1.29 is 0 Å². The molecule has 0 aliphatic heterocycles. The number of anilines is 1. The zero-order valence-corrected chi connectivity index (χ0v) is 14.2. The van der Waals surface area contributed by atoms with Gasteiger partial charge in [-0.2, -0.15) is 0 Å². The van der Waals surface area contributed by atoms with Crippen molar-refractivity contribution in [2.75, 3.05) is 5.32 Å². The maximum absolute atomic E-state index is 5.88. The van der Waals surface area contributed by atoms with Crippen molar-refractivity contribution in [1.29, 1.82) is 0 Å². The lowest BCUT2D eigenvalue weighted by Gasteiger charge is -2.30. The summed E-state index contributed by atoms with van der Waals surface area (Å²) in [4.78, 5) is 4.91. The normalized spacial score (nSPS) is 22.0. The number of rotatable bonds is 5. The van der Waals surface area contributed by atoms with Crippen molar-refractivity contribution in [2.24, 2.45) is 11.7 Å². The first kappa shape index (κ1) is 16.2. The lowest BCUT2D eigenvalue weighted by molar-refractivity contribution is 0.319. The molecule has 0 atom stereocenters. The van der Waals surface area contributed by atoms with E-state index in [9.17, 15) is 0 Å². The van der Waals surface area contributed by atoms with Crippen molar-refractivity contribution in [3.63, 3.8) is 0 Å². The molecular formula is C17H27N3S. The van der Waals surface area contributed by atoms with Crippen LogP contribution in [0, 0.1) is 19.8 Å². The second-order valence-electron chi connectivity index (χ2n) is 6.29. The Morgan fingerprint density at radius 2 is 2.00 bits per heavy atom. The molecule has 21 heavy (non-hydrogen) atoms. The first-order valence-electron chi connectivity index (χ1n) is 8.05. The average molecular weight is 305 g/mol. The smallest absolute Gasteiger partial charge is 0.107 e. The van der Waals surface area contributed by atoms with E-state index in [1.165, 1.54) is 38.5 Å². The summed E-state index contributed by atoms with van der Waals surface area (Å²) < 4.78 is 0. The fraction of sp³-hybridized carbons (Fsp3) is 0.647. The Morgan fingerprint density at radius 3 is 2.57 bits per heavy atom. The Balaban J connectivity index is 2.08. The van der Waals surface area contributed by atoms with E-state index < -0.39 is 0 Å². The average Bonchev–Trinajstić information content (AvgIpc) is 2.40. The van der Waals surface area contributed by atoms with Crippen LogP contribution in [0.15, 0.2) is 6.07 Å². The topological polar surface area (TPSA) is 50.9 Å². The number of nitrogens with zero attached hydrogens (tertiary/aromatic N) is 1. The monoisotopic (exact) mass is 305 g/mol. The highest BCUT2D eigenvalue weighted by molar-refractivity contribution is 7.80. The Kier molecular flexibility index (Phi) is 5.57. The van der Waals surface area contributed by atoms with Crippen molar-refractivity contribution in [1.82, 2.24) is 4.98 Å². The fourth-order valence-electron chi connectivity index (χ4n) is 3.48. The second-order valence-corrected chi connectivity index (χ2v) is 6.73.